The molecule has 6 nitrogen and oxygen atoms in total. The topological polar surface area (TPSA) is 72.9 Å². The van der Waals surface area contributed by atoms with E-state index in [1.54, 1.807) is 20.8 Å². The Morgan fingerprint density at radius 2 is 1.90 bits per heavy atom. The second-order valence-electron chi connectivity index (χ2n) is 8.43. The van der Waals surface area contributed by atoms with E-state index < -0.39 is 59.0 Å². The molecule has 9 heteroatoms. The first-order valence-corrected chi connectivity index (χ1v) is 9.98. The number of amides is 1. The van der Waals surface area contributed by atoms with Crippen molar-refractivity contribution in [3.8, 4) is 0 Å². The molecule has 0 N–H and O–H groups in total. The van der Waals surface area contributed by atoms with Crippen molar-refractivity contribution < 1.29 is 32.6 Å². The van der Waals surface area contributed by atoms with Gasteiger partial charge in [-0.05, 0) is 67.2 Å². The molecule has 3 fully saturated rings. The smallest absolute Gasteiger partial charge is 0.411 e. The zero-order valence-electron chi connectivity index (χ0n) is 16.6. The summed E-state index contributed by atoms with van der Waals surface area (Å²) in [6.45, 7) is 4.97. The molecular weight excluding hydrogens is 452 g/mol. The van der Waals surface area contributed by atoms with Gasteiger partial charge in [0.1, 0.15) is 17.2 Å². The SMILES string of the molecule is COC(=O)C1(Cc2cc(F)cc(Br)c2F)C(=O)C2CC(C2)N1C(=O)OC(C)(C)C. The summed E-state index contributed by atoms with van der Waals surface area (Å²) >= 11 is 2.93. The molecule has 1 aromatic carbocycles. The molecule has 1 saturated carbocycles. The molecule has 1 unspecified atom stereocenters. The van der Waals surface area contributed by atoms with Crippen molar-refractivity contribution in [2.24, 2.45) is 5.92 Å². The third-order valence-electron chi connectivity index (χ3n) is 5.30. The van der Waals surface area contributed by atoms with Crippen LogP contribution in [0.25, 0.3) is 0 Å². The standard InChI is InChI=1S/C20H22BrF2NO5/c1-19(2,3)29-18(27)24-13-6-10(7-13)16(25)20(24,17(26)28-4)9-11-5-12(22)8-14(21)15(11)23/h5,8,10,13H,6-7,9H2,1-4H3. The number of ether oxygens (including phenoxy) is 2. The molecule has 2 heterocycles. The van der Waals surface area contributed by atoms with Gasteiger partial charge in [-0.2, -0.15) is 0 Å². The number of esters is 1. The van der Waals surface area contributed by atoms with Gasteiger partial charge in [0, 0.05) is 18.4 Å². The highest BCUT2D eigenvalue weighted by Crippen LogP contribution is 2.48. The first-order chi connectivity index (χ1) is 13.4. The Morgan fingerprint density at radius 3 is 2.45 bits per heavy atom. The summed E-state index contributed by atoms with van der Waals surface area (Å²) in [7, 11) is 1.09. The van der Waals surface area contributed by atoms with Crippen LogP contribution in [-0.4, -0.2) is 47.0 Å². The lowest BCUT2D eigenvalue weighted by atomic mass is 9.63. The summed E-state index contributed by atoms with van der Waals surface area (Å²) < 4.78 is 38.8. The summed E-state index contributed by atoms with van der Waals surface area (Å²) in [4.78, 5) is 40.3. The maximum atomic E-state index is 14.7. The van der Waals surface area contributed by atoms with Gasteiger partial charge in [-0.25, -0.2) is 18.4 Å². The highest BCUT2D eigenvalue weighted by atomic mass is 79.9. The first kappa shape index (κ1) is 21.7. The number of nitrogens with zero attached hydrogens (tertiary/aromatic N) is 1. The van der Waals surface area contributed by atoms with Gasteiger partial charge < -0.3 is 9.47 Å². The molecule has 1 aromatic rings. The number of fused-ring (bicyclic) bond motifs is 2. The molecule has 0 spiro atoms. The Balaban J connectivity index is 2.14. The number of piperidine rings is 2. The molecule has 0 aromatic heterocycles. The van der Waals surface area contributed by atoms with Crippen LogP contribution in [0, 0.1) is 17.6 Å². The Morgan fingerprint density at radius 1 is 1.28 bits per heavy atom. The Hall–Kier alpha value is -2.03. The van der Waals surface area contributed by atoms with Crippen LogP contribution in [0.1, 0.15) is 39.2 Å². The van der Waals surface area contributed by atoms with Crippen molar-refractivity contribution in [2.45, 2.75) is 57.2 Å². The number of hydrogen-bond donors (Lipinski definition) is 0. The second kappa shape index (κ2) is 7.34. The van der Waals surface area contributed by atoms with Crippen molar-refractivity contribution in [2.75, 3.05) is 7.11 Å². The molecule has 2 aliphatic heterocycles. The maximum Gasteiger partial charge on any atom is 0.411 e. The van der Waals surface area contributed by atoms with Gasteiger partial charge in [0.05, 0.1) is 11.6 Å². The van der Waals surface area contributed by atoms with E-state index in [-0.39, 0.29) is 10.0 Å². The number of carbonyl (C=O) groups is 3. The van der Waals surface area contributed by atoms with Crippen LogP contribution in [0.15, 0.2) is 16.6 Å². The van der Waals surface area contributed by atoms with E-state index >= 15 is 0 Å². The maximum absolute atomic E-state index is 14.7. The lowest BCUT2D eigenvalue weighted by molar-refractivity contribution is -0.177. The molecule has 1 atom stereocenters. The third kappa shape index (κ3) is 3.65. The predicted molar refractivity (Wildman–Crippen MR) is 102 cm³/mol. The lowest BCUT2D eigenvalue weighted by Gasteiger charge is -2.56. The average molecular weight is 474 g/mol. The molecule has 1 aliphatic carbocycles. The minimum Gasteiger partial charge on any atom is -0.467 e. The van der Waals surface area contributed by atoms with Crippen LogP contribution in [0.2, 0.25) is 0 Å². The molecule has 4 rings (SSSR count). The molecule has 2 saturated heterocycles. The molecule has 3 aliphatic rings. The van der Waals surface area contributed by atoms with Crippen LogP contribution < -0.4 is 0 Å². The van der Waals surface area contributed by atoms with Crippen molar-refractivity contribution in [1.29, 1.82) is 0 Å². The Kier molecular flexibility index (Phi) is 5.49. The van der Waals surface area contributed by atoms with Crippen molar-refractivity contribution in [3.63, 3.8) is 0 Å². The van der Waals surface area contributed by atoms with Crippen LogP contribution in [0.5, 0.6) is 0 Å². The van der Waals surface area contributed by atoms with Gasteiger partial charge >= 0.3 is 12.1 Å². The fraction of sp³-hybridized carbons (Fsp3) is 0.550. The number of benzene rings is 1. The number of rotatable bonds is 3. The molecule has 158 valence electrons. The lowest BCUT2D eigenvalue weighted by Crippen LogP contribution is -2.76. The van der Waals surface area contributed by atoms with Gasteiger partial charge in [0.15, 0.2) is 5.78 Å². The summed E-state index contributed by atoms with van der Waals surface area (Å²) in [5.41, 5.74) is -3.21. The van der Waals surface area contributed by atoms with Crippen LogP contribution in [0.3, 0.4) is 0 Å². The van der Waals surface area contributed by atoms with E-state index in [1.165, 1.54) is 0 Å². The summed E-state index contributed by atoms with van der Waals surface area (Å²) in [6.07, 6.45) is -0.624. The van der Waals surface area contributed by atoms with E-state index in [1.807, 2.05) is 0 Å². The minimum absolute atomic E-state index is 0.148. The number of carbonyl (C=O) groups excluding carboxylic acids is 3. The van der Waals surface area contributed by atoms with Crippen LogP contribution >= 0.6 is 15.9 Å². The normalized spacial score (nSPS) is 26.0. The highest BCUT2D eigenvalue weighted by Gasteiger charge is 2.66. The zero-order valence-corrected chi connectivity index (χ0v) is 18.1. The molecule has 2 bridgehead atoms. The Labute approximate surface area is 175 Å². The second-order valence-corrected chi connectivity index (χ2v) is 9.28. The number of hydrogen-bond acceptors (Lipinski definition) is 5. The number of halogens is 3. The Bertz CT molecular complexity index is 878. The van der Waals surface area contributed by atoms with E-state index in [0.717, 1.165) is 24.1 Å². The number of Topliss-reactive ketones (excluding diaryl/α,β-unsaturated/α-hetero) is 1. The van der Waals surface area contributed by atoms with Gasteiger partial charge in [0.2, 0.25) is 5.54 Å². The zero-order chi connectivity index (χ0) is 21.7. The number of methoxy groups -OCH3 is 1. The monoisotopic (exact) mass is 473 g/mol. The van der Waals surface area contributed by atoms with Gasteiger partial charge in [-0.1, -0.05) is 0 Å². The van der Waals surface area contributed by atoms with Crippen molar-refractivity contribution in [3.05, 3.63) is 33.8 Å². The fourth-order valence-electron chi connectivity index (χ4n) is 4.02. The molecular formula is C20H22BrF2NO5. The minimum atomic E-state index is -2.11. The highest BCUT2D eigenvalue weighted by molar-refractivity contribution is 9.10. The van der Waals surface area contributed by atoms with E-state index in [4.69, 9.17) is 9.47 Å². The van der Waals surface area contributed by atoms with E-state index in [2.05, 4.69) is 15.9 Å². The van der Waals surface area contributed by atoms with E-state index in [9.17, 15) is 23.2 Å². The molecule has 29 heavy (non-hydrogen) atoms. The first-order valence-electron chi connectivity index (χ1n) is 9.19. The summed E-state index contributed by atoms with van der Waals surface area (Å²) in [6, 6.07) is 1.42. The molecule has 1 amide bonds. The fourth-order valence-corrected chi connectivity index (χ4v) is 4.50. The van der Waals surface area contributed by atoms with Crippen LogP contribution in [-0.2, 0) is 25.5 Å². The van der Waals surface area contributed by atoms with Gasteiger partial charge in [0.25, 0.3) is 0 Å². The largest absolute Gasteiger partial charge is 0.467 e. The number of ketones is 1. The van der Waals surface area contributed by atoms with Gasteiger partial charge in [-0.15, -0.1) is 0 Å². The summed E-state index contributed by atoms with van der Waals surface area (Å²) in [5.74, 6) is -3.55. The summed E-state index contributed by atoms with van der Waals surface area (Å²) in [5, 5.41) is 0. The predicted octanol–water partition coefficient (Wildman–Crippen LogP) is 3.78. The quantitative estimate of drug-likeness (QED) is 0.379. The van der Waals surface area contributed by atoms with Crippen molar-refractivity contribution in [1.82, 2.24) is 4.90 Å². The van der Waals surface area contributed by atoms with Gasteiger partial charge in [-0.3, -0.25) is 9.69 Å². The van der Waals surface area contributed by atoms with E-state index in [0.29, 0.717) is 12.8 Å². The van der Waals surface area contributed by atoms with Crippen molar-refractivity contribution >= 4 is 33.8 Å². The molecule has 0 radical (unpaired) electrons. The average Bonchev–Trinajstić information content (AvgIpc) is 2.56. The van der Waals surface area contributed by atoms with Crippen LogP contribution in [0.4, 0.5) is 13.6 Å². The third-order valence-corrected chi connectivity index (χ3v) is 5.87.